The Morgan fingerprint density at radius 2 is 1.27 bits per heavy atom. The Labute approximate surface area is 297 Å². The van der Waals surface area contributed by atoms with Gasteiger partial charge in [0.05, 0.1) is 36.3 Å². The van der Waals surface area contributed by atoms with Crippen LogP contribution in [0.15, 0.2) is 49.1 Å². The fourth-order valence-corrected chi connectivity index (χ4v) is 5.56. The summed E-state index contributed by atoms with van der Waals surface area (Å²) in [7, 11) is 3.18. The van der Waals surface area contributed by atoms with Crippen LogP contribution in [0.2, 0.25) is 0 Å². The van der Waals surface area contributed by atoms with Gasteiger partial charge in [-0.2, -0.15) is 10.5 Å². The molecule has 0 spiro atoms. The number of ether oxygens (including phenoxy) is 2. The van der Waals surface area contributed by atoms with E-state index >= 15 is 0 Å². The van der Waals surface area contributed by atoms with Gasteiger partial charge in [0.15, 0.2) is 5.82 Å². The van der Waals surface area contributed by atoms with Crippen LogP contribution in [0.3, 0.4) is 0 Å². The quantitative estimate of drug-likeness (QED) is 0.137. The predicted molar refractivity (Wildman–Crippen MR) is 190 cm³/mol. The lowest BCUT2D eigenvalue weighted by Gasteiger charge is -2.17. The van der Waals surface area contributed by atoms with Gasteiger partial charge in [0, 0.05) is 27.3 Å². The standard InChI is InChI=1S/2C17H18FN7O/c1-10(23-16-11(8-19)15(20)21-9-22-16)17-24-14-12(18)4-3-5-13(14)25(17)6-7-26-2;1-10(23-16-11(8-19)15(20)21-9-22-16)17-24-13-5-3-4-12(18)14(13)25(17)6-7-26-2/h2*3-5,9-10H,6-7H2,1-2H3,(H3,20,21,22,23)/t2*10-/m00/s1. The van der Waals surface area contributed by atoms with Gasteiger partial charge in [0.2, 0.25) is 0 Å². The first-order chi connectivity index (χ1) is 25.1. The van der Waals surface area contributed by atoms with Crippen LogP contribution in [0.4, 0.5) is 32.1 Å². The van der Waals surface area contributed by atoms with E-state index in [2.05, 4.69) is 40.5 Å². The van der Waals surface area contributed by atoms with E-state index in [-0.39, 0.29) is 46.2 Å². The third kappa shape index (κ3) is 7.63. The van der Waals surface area contributed by atoms with Gasteiger partial charge < -0.3 is 40.7 Å². The molecule has 0 bridgehead atoms. The third-order valence-corrected chi connectivity index (χ3v) is 8.00. The molecule has 16 nitrogen and oxygen atoms in total. The van der Waals surface area contributed by atoms with Gasteiger partial charge >= 0.3 is 0 Å². The zero-order valence-electron chi connectivity index (χ0n) is 28.8. The van der Waals surface area contributed by atoms with Gasteiger partial charge in [-0.05, 0) is 38.1 Å². The van der Waals surface area contributed by atoms with Gasteiger partial charge in [0.1, 0.15) is 87.7 Å². The molecular formula is C34H36F2N14O2. The van der Waals surface area contributed by atoms with Crippen molar-refractivity contribution in [1.82, 2.24) is 39.0 Å². The van der Waals surface area contributed by atoms with Crippen molar-refractivity contribution in [2.45, 2.75) is 39.0 Å². The lowest BCUT2D eigenvalue weighted by molar-refractivity contribution is 0.187. The lowest BCUT2D eigenvalue weighted by atomic mass is 10.2. The van der Waals surface area contributed by atoms with Crippen molar-refractivity contribution >= 4 is 45.3 Å². The zero-order valence-corrected chi connectivity index (χ0v) is 28.8. The van der Waals surface area contributed by atoms with Crippen LogP contribution in [0.25, 0.3) is 22.1 Å². The first kappa shape index (κ1) is 36.8. The van der Waals surface area contributed by atoms with E-state index in [1.54, 1.807) is 43.1 Å². The molecule has 0 aliphatic heterocycles. The molecule has 0 fully saturated rings. The monoisotopic (exact) mass is 710 g/mol. The van der Waals surface area contributed by atoms with Crippen molar-refractivity contribution in [2.24, 2.45) is 0 Å². The minimum Gasteiger partial charge on any atom is -0.383 e. The summed E-state index contributed by atoms with van der Waals surface area (Å²) in [5.41, 5.74) is 13.7. The number of hydrogen-bond donors (Lipinski definition) is 4. The highest BCUT2D eigenvalue weighted by molar-refractivity contribution is 5.78. The number of benzene rings is 2. The number of nitrogens with zero attached hydrogens (tertiary/aromatic N) is 10. The highest BCUT2D eigenvalue weighted by Crippen LogP contribution is 2.28. The largest absolute Gasteiger partial charge is 0.383 e. The summed E-state index contributed by atoms with van der Waals surface area (Å²) in [5.74, 6) is 1.25. The summed E-state index contributed by atoms with van der Waals surface area (Å²) in [4.78, 5) is 24.8. The van der Waals surface area contributed by atoms with Crippen molar-refractivity contribution in [2.75, 3.05) is 49.5 Å². The Balaban J connectivity index is 0.000000201. The van der Waals surface area contributed by atoms with Crippen LogP contribution < -0.4 is 22.1 Å². The molecule has 18 heteroatoms. The number of aromatic nitrogens is 8. The van der Waals surface area contributed by atoms with Crippen LogP contribution in [0.1, 0.15) is 48.7 Å². The maximum atomic E-state index is 14.3. The fourth-order valence-electron chi connectivity index (χ4n) is 5.56. The second-order valence-electron chi connectivity index (χ2n) is 11.4. The van der Waals surface area contributed by atoms with Gasteiger partial charge in [-0.25, -0.2) is 38.7 Å². The van der Waals surface area contributed by atoms with Crippen LogP contribution in [0.5, 0.6) is 0 Å². The summed E-state index contributed by atoms with van der Waals surface area (Å²) in [6.07, 6.45) is 2.55. The first-order valence-electron chi connectivity index (χ1n) is 15.9. The Morgan fingerprint density at radius 1 is 0.750 bits per heavy atom. The lowest BCUT2D eigenvalue weighted by Crippen LogP contribution is -2.17. The van der Waals surface area contributed by atoms with E-state index in [9.17, 15) is 19.3 Å². The van der Waals surface area contributed by atoms with Gasteiger partial charge in [-0.15, -0.1) is 0 Å². The average Bonchev–Trinajstić information content (AvgIpc) is 3.70. The smallest absolute Gasteiger partial charge is 0.151 e. The number of para-hydroxylation sites is 2. The van der Waals surface area contributed by atoms with Crippen LogP contribution in [-0.2, 0) is 22.6 Å². The molecule has 0 saturated carbocycles. The molecule has 4 aromatic heterocycles. The van der Waals surface area contributed by atoms with Crippen molar-refractivity contribution in [1.29, 1.82) is 10.5 Å². The van der Waals surface area contributed by atoms with Crippen molar-refractivity contribution < 1.29 is 18.3 Å². The van der Waals surface area contributed by atoms with Crippen molar-refractivity contribution in [3.8, 4) is 12.1 Å². The molecule has 6 rings (SSSR count). The van der Waals surface area contributed by atoms with E-state index in [4.69, 9.17) is 20.9 Å². The second-order valence-corrected chi connectivity index (χ2v) is 11.4. The van der Waals surface area contributed by atoms with E-state index in [1.165, 1.54) is 24.8 Å². The maximum Gasteiger partial charge on any atom is 0.151 e. The van der Waals surface area contributed by atoms with Crippen molar-refractivity contribution in [3.63, 3.8) is 0 Å². The highest BCUT2D eigenvalue weighted by atomic mass is 19.1. The molecule has 0 aliphatic rings. The average molecular weight is 711 g/mol. The summed E-state index contributed by atoms with van der Waals surface area (Å²) in [6, 6.07) is 12.8. The number of nitrogens with two attached hydrogens (primary N) is 2. The van der Waals surface area contributed by atoms with Gasteiger partial charge in [-0.1, -0.05) is 12.1 Å². The third-order valence-electron chi connectivity index (χ3n) is 8.00. The zero-order chi connectivity index (χ0) is 37.4. The van der Waals surface area contributed by atoms with Crippen molar-refractivity contribution in [3.05, 3.63) is 83.5 Å². The summed E-state index contributed by atoms with van der Waals surface area (Å²) in [6.45, 7) is 5.50. The Bertz CT molecular complexity index is 2210. The SMILES string of the molecule is COCCn1c([C@H](C)Nc2ncnc(N)c2C#N)nc2c(F)cccc21.COCCn1c([C@H](C)Nc2ncnc(N)c2C#N)nc2cccc(F)c21. The number of anilines is 4. The van der Waals surface area contributed by atoms with Crippen LogP contribution >= 0.6 is 0 Å². The normalized spacial score (nSPS) is 12.1. The number of imidazole rings is 2. The van der Waals surface area contributed by atoms with E-state index in [0.29, 0.717) is 66.1 Å². The summed E-state index contributed by atoms with van der Waals surface area (Å²) >= 11 is 0. The minimum atomic E-state index is -0.392. The molecule has 6 N–H and O–H groups in total. The number of fused-ring (bicyclic) bond motifs is 2. The maximum absolute atomic E-state index is 14.3. The second kappa shape index (κ2) is 16.5. The minimum absolute atomic E-state index is 0.0936. The first-order valence-corrected chi connectivity index (χ1v) is 15.9. The number of rotatable bonds is 12. The Morgan fingerprint density at radius 3 is 1.83 bits per heavy atom. The highest BCUT2D eigenvalue weighted by Gasteiger charge is 2.22. The number of nitrogen functional groups attached to an aromatic ring is 2. The van der Waals surface area contributed by atoms with Gasteiger partial charge in [0.25, 0.3) is 0 Å². The molecule has 0 saturated heterocycles. The molecule has 0 radical (unpaired) electrons. The fraction of sp³-hybridized carbons (Fsp3) is 0.294. The topological polar surface area (TPSA) is 229 Å². The summed E-state index contributed by atoms with van der Waals surface area (Å²) < 4.78 is 42.4. The molecule has 0 amide bonds. The molecule has 268 valence electrons. The number of methoxy groups -OCH3 is 2. The Kier molecular flexibility index (Phi) is 11.6. The summed E-state index contributed by atoms with van der Waals surface area (Å²) in [5, 5.41) is 24.8. The van der Waals surface area contributed by atoms with E-state index in [0.717, 1.165) is 0 Å². The molecule has 52 heavy (non-hydrogen) atoms. The molecule has 0 unspecified atom stereocenters. The molecule has 4 heterocycles. The molecule has 2 atom stereocenters. The molecular weight excluding hydrogens is 674 g/mol. The molecule has 6 aromatic rings. The Hall–Kier alpha value is -6.50. The number of nitrogens with one attached hydrogen (secondary N) is 2. The van der Waals surface area contributed by atoms with E-state index < -0.39 is 5.82 Å². The van der Waals surface area contributed by atoms with Crippen LogP contribution in [-0.4, -0.2) is 66.5 Å². The number of nitriles is 2. The molecule has 0 aliphatic carbocycles. The number of hydrogen-bond acceptors (Lipinski definition) is 14. The number of halogens is 2. The van der Waals surface area contributed by atoms with Gasteiger partial charge in [-0.3, -0.25) is 0 Å². The predicted octanol–water partition coefficient (Wildman–Crippen LogP) is 4.48. The van der Waals surface area contributed by atoms with Crippen LogP contribution in [0, 0.1) is 34.3 Å². The van der Waals surface area contributed by atoms with E-state index in [1.807, 2.05) is 30.6 Å². The molecule has 2 aromatic carbocycles.